The molecule has 0 aromatic carbocycles. The van der Waals surface area contributed by atoms with E-state index in [4.69, 9.17) is 5.73 Å². The average molecular weight is 270 g/mol. The Kier molecular flexibility index (Phi) is 3.37. The summed E-state index contributed by atoms with van der Waals surface area (Å²) in [7, 11) is 0. The Labute approximate surface area is 118 Å². The number of pyridine rings is 1. The molecule has 1 aliphatic rings. The lowest BCUT2D eigenvalue weighted by Crippen LogP contribution is -2.53. The number of aromatic nitrogens is 3. The van der Waals surface area contributed by atoms with Gasteiger partial charge in [0.15, 0.2) is 0 Å². The maximum atomic E-state index is 5.63. The highest BCUT2D eigenvalue weighted by molar-refractivity contribution is 5.44. The molecule has 104 valence electrons. The van der Waals surface area contributed by atoms with Gasteiger partial charge in [-0.3, -0.25) is 0 Å². The molecule has 0 radical (unpaired) electrons. The number of hydrogen-bond donors (Lipinski definition) is 1. The Morgan fingerprint density at radius 3 is 2.60 bits per heavy atom. The third kappa shape index (κ3) is 2.49. The normalized spacial score (nSPS) is 19.1. The Morgan fingerprint density at radius 1 is 1.15 bits per heavy atom. The number of hydrogen-bond acceptors (Lipinski definition) is 6. The van der Waals surface area contributed by atoms with Crippen LogP contribution in [-0.4, -0.2) is 40.6 Å². The van der Waals surface area contributed by atoms with Gasteiger partial charge in [-0.25, -0.2) is 15.0 Å². The van der Waals surface area contributed by atoms with Crippen molar-refractivity contribution in [2.45, 2.75) is 13.0 Å². The van der Waals surface area contributed by atoms with Crippen LogP contribution in [0.4, 0.5) is 17.5 Å². The Balaban J connectivity index is 1.72. The molecule has 1 saturated heterocycles. The lowest BCUT2D eigenvalue weighted by molar-refractivity contribution is 0.537. The number of nitrogens with zero attached hydrogens (tertiary/aromatic N) is 5. The molecule has 6 nitrogen and oxygen atoms in total. The minimum absolute atomic E-state index is 0.328. The molecule has 0 aliphatic carbocycles. The van der Waals surface area contributed by atoms with E-state index in [0.717, 1.165) is 31.4 Å². The monoisotopic (exact) mass is 270 g/mol. The standard InChI is InChI=1S/C14H18N6/c1-11-10-19(13-4-2-3-5-16-13)6-7-20(11)14-17-8-12(15)9-18-14/h2-5,8-9,11H,6-7,10,15H2,1H3/t11-/m0/s1. The molecule has 3 rings (SSSR count). The van der Waals surface area contributed by atoms with Crippen molar-refractivity contribution in [3.63, 3.8) is 0 Å². The fraction of sp³-hybridized carbons (Fsp3) is 0.357. The first-order valence-electron chi connectivity index (χ1n) is 6.74. The summed E-state index contributed by atoms with van der Waals surface area (Å²) in [5.74, 6) is 1.77. The zero-order valence-corrected chi connectivity index (χ0v) is 11.5. The van der Waals surface area contributed by atoms with E-state index >= 15 is 0 Å². The Bertz CT molecular complexity index is 556. The van der Waals surface area contributed by atoms with Crippen LogP contribution in [0.3, 0.4) is 0 Å². The summed E-state index contributed by atoms with van der Waals surface area (Å²) in [5.41, 5.74) is 6.22. The van der Waals surface area contributed by atoms with E-state index < -0.39 is 0 Å². The fourth-order valence-electron chi connectivity index (χ4n) is 2.48. The molecule has 0 saturated carbocycles. The number of piperazine rings is 1. The summed E-state index contributed by atoms with van der Waals surface area (Å²) in [4.78, 5) is 17.5. The molecule has 0 spiro atoms. The summed E-state index contributed by atoms with van der Waals surface area (Å²) in [6.07, 6.45) is 5.13. The molecule has 1 aliphatic heterocycles. The van der Waals surface area contributed by atoms with Gasteiger partial charge < -0.3 is 15.5 Å². The van der Waals surface area contributed by atoms with Crippen LogP contribution >= 0.6 is 0 Å². The third-order valence-electron chi connectivity index (χ3n) is 3.52. The highest BCUT2D eigenvalue weighted by atomic mass is 15.3. The van der Waals surface area contributed by atoms with Gasteiger partial charge in [0.05, 0.1) is 18.1 Å². The molecule has 1 atom stereocenters. The third-order valence-corrected chi connectivity index (χ3v) is 3.52. The zero-order chi connectivity index (χ0) is 13.9. The van der Waals surface area contributed by atoms with Crippen LogP contribution in [0.5, 0.6) is 0 Å². The van der Waals surface area contributed by atoms with Crippen molar-refractivity contribution in [1.82, 2.24) is 15.0 Å². The van der Waals surface area contributed by atoms with Crippen molar-refractivity contribution in [2.24, 2.45) is 0 Å². The van der Waals surface area contributed by atoms with E-state index in [-0.39, 0.29) is 0 Å². The van der Waals surface area contributed by atoms with Gasteiger partial charge in [-0.2, -0.15) is 0 Å². The van der Waals surface area contributed by atoms with E-state index in [0.29, 0.717) is 11.7 Å². The van der Waals surface area contributed by atoms with Gasteiger partial charge >= 0.3 is 0 Å². The lowest BCUT2D eigenvalue weighted by Gasteiger charge is -2.40. The smallest absolute Gasteiger partial charge is 0.225 e. The molecule has 0 bridgehead atoms. The molecule has 3 heterocycles. The van der Waals surface area contributed by atoms with Crippen LogP contribution in [0.15, 0.2) is 36.8 Å². The number of nitrogens with two attached hydrogens (primary N) is 1. The van der Waals surface area contributed by atoms with Crippen LogP contribution in [0, 0.1) is 0 Å². The summed E-state index contributed by atoms with van der Waals surface area (Å²) in [6.45, 7) is 4.87. The highest BCUT2D eigenvalue weighted by Crippen LogP contribution is 2.20. The largest absolute Gasteiger partial charge is 0.396 e. The molecule has 2 aromatic rings. The van der Waals surface area contributed by atoms with E-state index in [1.807, 2.05) is 24.4 Å². The summed E-state index contributed by atoms with van der Waals surface area (Å²) >= 11 is 0. The highest BCUT2D eigenvalue weighted by Gasteiger charge is 2.25. The van der Waals surface area contributed by atoms with Crippen molar-refractivity contribution in [3.8, 4) is 0 Å². The second-order valence-corrected chi connectivity index (χ2v) is 4.99. The Hall–Kier alpha value is -2.37. The van der Waals surface area contributed by atoms with Crippen molar-refractivity contribution in [2.75, 3.05) is 35.2 Å². The lowest BCUT2D eigenvalue weighted by atomic mass is 10.2. The molecule has 0 amide bonds. The van der Waals surface area contributed by atoms with E-state index in [2.05, 4.69) is 31.7 Å². The van der Waals surface area contributed by atoms with Crippen LogP contribution in [0.2, 0.25) is 0 Å². The average Bonchev–Trinajstić information content (AvgIpc) is 2.49. The first-order valence-corrected chi connectivity index (χ1v) is 6.74. The summed E-state index contributed by atoms with van der Waals surface area (Å²) < 4.78 is 0. The predicted octanol–water partition coefficient (Wildman–Crippen LogP) is 1.17. The minimum Gasteiger partial charge on any atom is -0.396 e. The van der Waals surface area contributed by atoms with Gasteiger partial charge in [-0.1, -0.05) is 6.07 Å². The predicted molar refractivity (Wildman–Crippen MR) is 79.7 cm³/mol. The number of nitrogen functional groups attached to an aromatic ring is 1. The molecular weight excluding hydrogens is 252 g/mol. The molecule has 2 N–H and O–H groups in total. The molecule has 0 unspecified atom stereocenters. The topological polar surface area (TPSA) is 71.2 Å². The maximum absolute atomic E-state index is 5.63. The molecule has 6 heteroatoms. The van der Waals surface area contributed by atoms with Crippen LogP contribution < -0.4 is 15.5 Å². The van der Waals surface area contributed by atoms with Gasteiger partial charge in [-0.05, 0) is 19.1 Å². The quantitative estimate of drug-likeness (QED) is 0.883. The van der Waals surface area contributed by atoms with Gasteiger partial charge in [0.2, 0.25) is 5.95 Å². The second-order valence-electron chi connectivity index (χ2n) is 4.99. The minimum atomic E-state index is 0.328. The van der Waals surface area contributed by atoms with E-state index in [1.165, 1.54) is 0 Å². The van der Waals surface area contributed by atoms with Crippen molar-refractivity contribution in [3.05, 3.63) is 36.8 Å². The molecule has 2 aromatic heterocycles. The van der Waals surface area contributed by atoms with Gasteiger partial charge in [0.1, 0.15) is 5.82 Å². The van der Waals surface area contributed by atoms with Gasteiger partial charge in [0, 0.05) is 31.9 Å². The zero-order valence-electron chi connectivity index (χ0n) is 11.5. The Morgan fingerprint density at radius 2 is 1.95 bits per heavy atom. The van der Waals surface area contributed by atoms with Crippen LogP contribution in [0.25, 0.3) is 0 Å². The SMILES string of the molecule is C[C@H]1CN(c2ccccn2)CCN1c1ncc(N)cn1. The summed E-state index contributed by atoms with van der Waals surface area (Å²) in [5, 5.41) is 0. The number of rotatable bonds is 2. The fourth-order valence-corrected chi connectivity index (χ4v) is 2.48. The second kappa shape index (κ2) is 5.32. The van der Waals surface area contributed by atoms with Crippen molar-refractivity contribution >= 4 is 17.5 Å². The van der Waals surface area contributed by atoms with E-state index in [1.54, 1.807) is 12.4 Å². The maximum Gasteiger partial charge on any atom is 0.225 e. The molecule has 20 heavy (non-hydrogen) atoms. The van der Waals surface area contributed by atoms with E-state index in [9.17, 15) is 0 Å². The van der Waals surface area contributed by atoms with Gasteiger partial charge in [0.25, 0.3) is 0 Å². The first kappa shape index (κ1) is 12.7. The molecular formula is C14H18N6. The summed E-state index contributed by atoms with van der Waals surface area (Å²) in [6, 6.07) is 6.32. The number of anilines is 3. The van der Waals surface area contributed by atoms with Crippen molar-refractivity contribution < 1.29 is 0 Å². The van der Waals surface area contributed by atoms with Gasteiger partial charge in [-0.15, -0.1) is 0 Å². The first-order chi connectivity index (χ1) is 9.74. The van der Waals surface area contributed by atoms with Crippen LogP contribution in [0.1, 0.15) is 6.92 Å². The van der Waals surface area contributed by atoms with Crippen LogP contribution in [-0.2, 0) is 0 Å². The molecule has 1 fully saturated rings. The van der Waals surface area contributed by atoms with Crippen molar-refractivity contribution in [1.29, 1.82) is 0 Å².